The van der Waals surface area contributed by atoms with Crippen LogP contribution in [-0.4, -0.2) is 34.8 Å². The number of aryl methyl sites for hydroxylation is 1. The smallest absolute Gasteiger partial charge is 0.233 e. The number of thioether (sulfide) groups is 1. The first-order valence-corrected chi connectivity index (χ1v) is 6.36. The van der Waals surface area contributed by atoms with Gasteiger partial charge in [-0.05, 0) is 12.5 Å². The molecule has 1 fully saturated rings. The molecule has 2 rings (SSSR count). The van der Waals surface area contributed by atoms with E-state index in [9.17, 15) is 4.79 Å². The van der Waals surface area contributed by atoms with Gasteiger partial charge in [-0.25, -0.2) is 0 Å². The predicted octanol–water partition coefficient (Wildman–Crippen LogP) is 1.56. The Bertz CT molecular complexity index is 394. The molecular weight excluding hydrogens is 222 g/mol. The lowest BCUT2D eigenvalue weighted by Gasteiger charge is -2.23. The summed E-state index contributed by atoms with van der Waals surface area (Å²) in [6.45, 7) is 2.49. The van der Waals surface area contributed by atoms with E-state index in [1.807, 2.05) is 25.1 Å². The quantitative estimate of drug-likeness (QED) is 0.867. The van der Waals surface area contributed by atoms with E-state index >= 15 is 0 Å². The van der Waals surface area contributed by atoms with Gasteiger partial charge in [-0.1, -0.05) is 29.8 Å². The maximum Gasteiger partial charge on any atom is 0.233 e. The Labute approximate surface area is 99.5 Å². The molecule has 86 valence electrons. The van der Waals surface area contributed by atoms with Crippen LogP contribution in [0.2, 0.25) is 0 Å². The van der Waals surface area contributed by atoms with Gasteiger partial charge in [-0.15, -0.1) is 11.8 Å². The van der Waals surface area contributed by atoms with E-state index in [1.165, 1.54) is 5.56 Å². The Balaban J connectivity index is 2.23. The highest BCUT2D eigenvalue weighted by molar-refractivity contribution is 8.00. The van der Waals surface area contributed by atoms with Gasteiger partial charge in [0.05, 0.1) is 12.4 Å². The second kappa shape index (κ2) is 4.89. The fraction of sp³-hybridized carbons (Fsp3) is 0.417. The summed E-state index contributed by atoms with van der Waals surface area (Å²) < 4.78 is 0. The molecule has 1 aromatic carbocycles. The van der Waals surface area contributed by atoms with Crippen LogP contribution in [0, 0.1) is 6.92 Å². The third-order valence-corrected chi connectivity index (χ3v) is 3.89. The molecule has 0 radical (unpaired) electrons. The third-order valence-electron chi connectivity index (χ3n) is 2.64. The number of hydrogen-bond acceptors (Lipinski definition) is 3. The minimum atomic E-state index is 0.0224. The minimum Gasteiger partial charge on any atom is -0.395 e. The molecule has 1 aromatic rings. The van der Waals surface area contributed by atoms with Gasteiger partial charge < -0.3 is 10.0 Å². The van der Waals surface area contributed by atoms with Crippen molar-refractivity contribution in [3.63, 3.8) is 0 Å². The molecule has 4 heteroatoms. The molecule has 0 unspecified atom stereocenters. The number of aliphatic hydroxyl groups is 1. The number of β-amino-alcohol motifs (C(OH)–C–C–N with tert-alkyl or cyclic N) is 1. The molecule has 0 spiro atoms. The Hall–Kier alpha value is -1.00. The molecule has 1 heterocycles. The summed E-state index contributed by atoms with van der Waals surface area (Å²) in [6, 6.07) is 8.18. The number of amides is 1. The van der Waals surface area contributed by atoms with Crippen LogP contribution in [0.3, 0.4) is 0 Å². The Kier molecular flexibility index (Phi) is 3.51. The second-order valence-electron chi connectivity index (χ2n) is 3.89. The van der Waals surface area contributed by atoms with Crippen molar-refractivity contribution in [1.82, 2.24) is 4.90 Å². The average Bonchev–Trinajstić information content (AvgIpc) is 2.61. The lowest BCUT2D eigenvalue weighted by Crippen LogP contribution is -2.30. The highest BCUT2D eigenvalue weighted by Gasteiger charge is 2.32. The largest absolute Gasteiger partial charge is 0.395 e. The van der Waals surface area contributed by atoms with E-state index in [2.05, 4.69) is 6.07 Å². The molecule has 3 nitrogen and oxygen atoms in total. The average molecular weight is 237 g/mol. The summed E-state index contributed by atoms with van der Waals surface area (Å²) >= 11 is 1.63. The van der Waals surface area contributed by atoms with Crippen LogP contribution < -0.4 is 0 Å². The number of aliphatic hydroxyl groups excluding tert-OH is 1. The molecule has 1 aliphatic rings. The van der Waals surface area contributed by atoms with Crippen molar-refractivity contribution in [2.75, 3.05) is 18.9 Å². The van der Waals surface area contributed by atoms with Gasteiger partial charge in [0, 0.05) is 6.54 Å². The number of rotatable bonds is 3. The lowest BCUT2D eigenvalue weighted by atomic mass is 10.1. The fourth-order valence-electron chi connectivity index (χ4n) is 1.90. The first-order chi connectivity index (χ1) is 7.72. The topological polar surface area (TPSA) is 40.5 Å². The molecule has 1 amide bonds. The Morgan fingerprint density at radius 2 is 2.38 bits per heavy atom. The van der Waals surface area contributed by atoms with Gasteiger partial charge in [-0.2, -0.15) is 0 Å². The monoisotopic (exact) mass is 237 g/mol. The van der Waals surface area contributed by atoms with Gasteiger partial charge in [0.15, 0.2) is 0 Å². The van der Waals surface area contributed by atoms with Gasteiger partial charge in [0.25, 0.3) is 0 Å². The van der Waals surface area contributed by atoms with Gasteiger partial charge in [-0.3, -0.25) is 4.79 Å². The molecular formula is C12H15NO2S. The maximum absolute atomic E-state index is 11.6. The van der Waals surface area contributed by atoms with Crippen LogP contribution >= 0.6 is 11.8 Å². The highest BCUT2D eigenvalue weighted by Crippen LogP contribution is 2.38. The van der Waals surface area contributed by atoms with E-state index in [0.717, 1.165) is 5.56 Å². The van der Waals surface area contributed by atoms with Crippen LogP contribution in [0.4, 0.5) is 0 Å². The van der Waals surface area contributed by atoms with Crippen LogP contribution in [0.25, 0.3) is 0 Å². The van der Waals surface area contributed by atoms with Crippen LogP contribution in [0.15, 0.2) is 24.3 Å². The predicted molar refractivity (Wildman–Crippen MR) is 65.2 cm³/mol. The maximum atomic E-state index is 11.6. The first kappa shape index (κ1) is 11.5. The van der Waals surface area contributed by atoms with Crippen LogP contribution in [0.5, 0.6) is 0 Å². The summed E-state index contributed by atoms with van der Waals surface area (Å²) in [4.78, 5) is 13.4. The summed E-state index contributed by atoms with van der Waals surface area (Å²) in [6.07, 6.45) is 0. The zero-order chi connectivity index (χ0) is 11.5. The number of benzene rings is 1. The summed E-state index contributed by atoms with van der Waals surface area (Å²) in [5.41, 5.74) is 2.34. The highest BCUT2D eigenvalue weighted by atomic mass is 32.2. The number of carbonyl (C=O) groups excluding carboxylic acids is 1. The molecule has 0 bridgehead atoms. The van der Waals surface area contributed by atoms with E-state index in [4.69, 9.17) is 5.11 Å². The molecule has 1 N–H and O–H groups in total. The van der Waals surface area contributed by atoms with Crippen molar-refractivity contribution in [1.29, 1.82) is 0 Å². The van der Waals surface area contributed by atoms with Crippen molar-refractivity contribution in [3.8, 4) is 0 Å². The minimum absolute atomic E-state index is 0.0224. The summed E-state index contributed by atoms with van der Waals surface area (Å²) in [7, 11) is 0. The summed E-state index contributed by atoms with van der Waals surface area (Å²) in [5, 5.41) is 9.03. The van der Waals surface area contributed by atoms with Crippen molar-refractivity contribution >= 4 is 17.7 Å². The van der Waals surface area contributed by atoms with Crippen molar-refractivity contribution in [3.05, 3.63) is 35.4 Å². The van der Waals surface area contributed by atoms with Gasteiger partial charge in [0.1, 0.15) is 5.37 Å². The zero-order valence-corrected chi connectivity index (χ0v) is 10.0. The van der Waals surface area contributed by atoms with Gasteiger partial charge >= 0.3 is 0 Å². The lowest BCUT2D eigenvalue weighted by molar-refractivity contribution is -0.128. The van der Waals surface area contributed by atoms with Crippen molar-refractivity contribution < 1.29 is 9.90 Å². The molecule has 16 heavy (non-hydrogen) atoms. The van der Waals surface area contributed by atoms with Crippen molar-refractivity contribution in [2.24, 2.45) is 0 Å². The van der Waals surface area contributed by atoms with Crippen LogP contribution in [0.1, 0.15) is 16.5 Å². The SMILES string of the molecule is Cc1cccc([C@@H]2SCC(=O)N2CCO)c1. The Morgan fingerprint density at radius 3 is 3.06 bits per heavy atom. The third kappa shape index (κ3) is 2.23. The molecule has 0 aliphatic carbocycles. The summed E-state index contributed by atoms with van der Waals surface area (Å²) in [5.74, 6) is 0.629. The molecule has 1 aliphatic heterocycles. The second-order valence-corrected chi connectivity index (χ2v) is 4.96. The number of nitrogens with zero attached hydrogens (tertiary/aromatic N) is 1. The standard InChI is InChI=1S/C12H15NO2S/c1-9-3-2-4-10(7-9)12-13(5-6-14)11(15)8-16-12/h2-4,7,12,14H,5-6,8H2,1H3/t12-/m0/s1. The molecule has 1 atom stereocenters. The number of hydrogen-bond donors (Lipinski definition) is 1. The molecule has 0 aromatic heterocycles. The normalized spacial score (nSPS) is 20.5. The molecule has 1 saturated heterocycles. The molecule has 0 saturated carbocycles. The van der Waals surface area contributed by atoms with Crippen LogP contribution in [-0.2, 0) is 4.79 Å². The first-order valence-electron chi connectivity index (χ1n) is 5.31. The van der Waals surface area contributed by atoms with Gasteiger partial charge in [0.2, 0.25) is 5.91 Å². The fourth-order valence-corrected chi connectivity index (χ4v) is 3.11. The Morgan fingerprint density at radius 1 is 1.56 bits per heavy atom. The number of carbonyl (C=O) groups is 1. The van der Waals surface area contributed by atoms with Crippen molar-refractivity contribution in [2.45, 2.75) is 12.3 Å². The van der Waals surface area contributed by atoms with E-state index < -0.39 is 0 Å². The van der Waals surface area contributed by atoms with E-state index in [1.54, 1.807) is 16.7 Å². The van der Waals surface area contributed by atoms with E-state index in [0.29, 0.717) is 12.3 Å². The zero-order valence-electron chi connectivity index (χ0n) is 9.22. The van der Waals surface area contributed by atoms with E-state index in [-0.39, 0.29) is 17.9 Å².